The number of alkyl halides is 6. The van der Waals surface area contributed by atoms with Gasteiger partial charge in [-0.25, -0.2) is 0 Å². The first kappa shape index (κ1) is 30.6. The van der Waals surface area contributed by atoms with E-state index in [1.54, 1.807) is 12.1 Å². The van der Waals surface area contributed by atoms with Gasteiger partial charge in [0.05, 0.1) is 23.7 Å². The molecule has 0 unspecified atom stereocenters. The van der Waals surface area contributed by atoms with Crippen LogP contribution in [0, 0.1) is 11.3 Å². The highest BCUT2D eigenvalue weighted by atomic mass is 19.4. The Labute approximate surface area is 224 Å². The smallest absolute Gasteiger partial charge is 0.416 e. The highest BCUT2D eigenvalue weighted by Crippen LogP contribution is 2.40. The van der Waals surface area contributed by atoms with Gasteiger partial charge in [0.2, 0.25) is 5.91 Å². The van der Waals surface area contributed by atoms with Gasteiger partial charge in [0.1, 0.15) is 0 Å². The van der Waals surface area contributed by atoms with Crippen LogP contribution in [0.2, 0.25) is 0 Å². The zero-order valence-corrected chi connectivity index (χ0v) is 22.2. The maximum atomic E-state index is 14.1. The minimum absolute atomic E-state index is 0.0532. The van der Waals surface area contributed by atoms with Crippen LogP contribution in [0.1, 0.15) is 55.4 Å². The monoisotopic (exact) mass is 560 g/mol. The van der Waals surface area contributed by atoms with Crippen LogP contribution in [0.3, 0.4) is 0 Å². The molecule has 0 spiro atoms. The van der Waals surface area contributed by atoms with Gasteiger partial charge in [-0.1, -0.05) is 19.9 Å². The minimum atomic E-state index is -4.98. The molecule has 0 aromatic heterocycles. The van der Waals surface area contributed by atoms with Crippen molar-refractivity contribution in [3.8, 4) is 11.5 Å². The molecule has 5 nitrogen and oxygen atoms in total. The quantitative estimate of drug-likeness (QED) is 0.347. The van der Waals surface area contributed by atoms with E-state index in [0.29, 0.717) is 50.0 Å². The van der Waals surface area contributed by atoms with Gasteiger partial charge in [0.15, 0.2) is 11.5 Å². The van der Waals surface area contributed by atoms with Gasteiger partial charge in [0, 0.05) is 13.1 Å². The van der Waals surface area contributed by atoms with Gasteiger partial charge in [-0.15, -0.1) is 0 Å². The van der Waals surface area contributed by atoms with Crippen LogP contribution in [-0.2, 0) is 30.1 Å². The van der Waals surface area contributed by atoms with Crippen molar-refractivity contribution in [1.82, 2.24) is 10.2 Å². The molecule has 1 aliphatic heterocycles. The fourth-order valence-corrected chi connectivity index (χ4v) is 5.25. The first-order valence-electron chi connectivity index (χ1n) is 12.8. The van der Waals surface area contributed by atoms with E-state index in [9.17, 15) is 36.2 Å². The molecule has 0 atom stereocenters. The maximum absolute atomic E-state index is 14.1. The number of rotatable bonds is 9. The normalized spacial score (nSPS) is 15.8. The lowest BCUT2D eigenvalue weighted by atomic mass is 9.72. The molecule has 2 N–H and O–H groups in total. The highest BCUT2D eigenvalue weighted by molar-refractivity contribution is 5.83. The number of nitrogens with zero attached hydrogens (tertiary/aromatic N) is 1. The largest absolute Gasteiger partial charge is 0.504 e. The third-order valence-corrected chi connectivity index (χ3v) is 7.04. The van der Waals surface area contributed by atoms with Gasteiger partial charge in [-0.2, -0.15) is 26.3 Å². The predicted octanol–water partition coefficient (Wildman–Crippen LogP) is 6.43. The Bertz CT molecular complexity index is 1110. The number of methoxy groups -OCH3 is 1. The van der Waals surface area contributed by atoms with Crippen molar-refractivity contribution in [3.63, 3.8) is 0 Å². The third kappa shape index (κ3) is 7.80. The van der Waals surface area contributed by atoms with E-state index >= 15 is 0 Å². The number of aromatic hydroxyl groups is 1. The highest BCUT2D eigenvalue weighted by Gasteiger charge is 2.43. The van der Waals surface area contributed by atoms with Crippen molar-refractivity contribution in [2.45, 2.75) is 58.4 Å². The Kier molecular flexibility index (Phi) is 9.46. The molecule has 39 heavy (non-hydrogen) atoms. The molecule has 0 saturated carbocycles. The molecule has 1 heterocycles. The number of carbonyl (C=O) groups is 1. The molecular formula is C28H34F6N2O3. The third-order valence-electron chi connectivity index (χ3n) is 7.04. The summed E-state index contributed by atoms with van der Waals surface area (Å²) in [5.74, 6) is 0.00573. The number of benzene rings is 2. The molecule has 11 heteroatoms. The number of ether oxygens (including phenoxy) is 1. The number of phenolic OH excluding ortho intramolecular Hbond substituents is 1. The van der Waals surface area contributed by atoms with Gasteiger partial charge in [-0.3, -0.25) is 4.79 Å². The average molecular weight is 561 g/mol. The summed E-state index contributed by atoms with van der Waals surface area (Å²) < 4.78 is 86.2. The lowest BCUT2D eigenvalue weighted by Gasteiger charge is -2.41. The number of hydrogen-bond donors (Lipinski definition) is 2. The molecule has 1 amide bonds. The van der Waals surface area contributed by atoms with Crippen LogP contribution in [0.4, 0.5) is 26.3 Å². The standard InChI is InChI=1S/C28H34F6N2O3/c1-18(2)16-26(7-9-35-10-8-26)25(38)36(11-6-19-4-5-23(37)24(14-19)39-3)17-20-12-21(27(29,30)31)15-22(13-20)28(32,33)34/h4-5,12-15,18,35,37H,6-11,16-17H2,1-3H3. The molecule has 1 saturated heterocycles. The summed E-state index contributed by atoms with van der Waals surface area (Å²) >= 11 is 0. The van der Waals surface area contributed by atoms with Crippen molar-refractivity contribution >= 4 is 5.91 Å². The fourth-order valence-electron chi connectivity index (χ4n) is 5.25. The molecular weight excluding hydrogens is 526 g/mol. The Balaban J connectivity index is 2.02. The summed E-state index contributed by atoms with van der Waals surface area (Å²) in [6.07, 6.45) is -8.13. The fraction of sp³-hybridized carbons (Fsp3) is 0.536. The lowest BCUT2D eigenvalue weighted by molar-refractivity contribution is -0.145. The van der Waals surface area contributed by atoms with E-state index in [1.165, 1.54) is 18.1 Å². The van der Waals surface area contributed by atoms with Gasteiger partial charge >= 0.3 is 12.4 Å². The van der Waals surface area contributed by atoms with Crippen LogP contribution in [0.5, 0.6) is 11.5 Å². The van der Waals surface area contributed by atoms with Crippen molar-refractivity contribution in [3.05, 3.63) is 58.7 Å². The van der Waals surface area contributed by atoms with Crippen LogP contribution >= 0.6 is 0 Å². The summed E-state index contributed by atoms with van der Waals surface area (Å²) in [5.41, 5.74) is -3.17. The maximum Gasteiger partial charge on any atom is 0.416 e. The first-order valence-corrected chi connectivity index (χ1v) is 12.8. The van der Waals surface area contributed by atoms with Gasteiger partial charge in [0.25, 0.3) is 0 Å². The number of hydrogen-bond acceptors (Lipinski definition) is 4. The van der Waals surface area contributed by atoms with Crippen LogP contribution in [0.25, 0.3) is 0 Å². The van der Waals surface area contributed by atoms with Crippen molar-refractivity contribution in [2.75, 3.05) is 26.7 Å². The SMILES string of the molecule is COc1cc(CCN(Cc2cc(C(F)(F)F)cc(C(F)(F)F)c2)C(=O)C2(CC(C)C)CCNCC2)ccc1O. The number of piperidine rings is 1. The van der Waals surface area contributed by atoms with E-state index in [-0.39, 0.29) is 47.9 Å². The summed E-state index contributed by atoms with van der Waals surface area (Å²) in [6.45, 7) is 4.78. The number of amides is 1. The van der Waals surface area contributed by atoms with E-state index in [0.717, 1.165) is 0 Å². The van der Waals surface area contributed by atoms with E-state index < -0.39 is 35.4 Å². The van der Waals surface area contributed by atoms with Crippen molar-refractivity contribution in [1.29, 1.82) is 0 Å². The van der Waals surface area contributed by atoms with Crippen molar-refractivity contribution < 1.29 is 41.0 Å². The van der Waals surface area contributed by atoms with E-state index in [1.807, 2.05) is 13.8 Å². The topological polar surface area (TPSA) is 61.8 Å². The summed E-state index contributed by atoms with van der Waals surface area (Å²) in [7, 11) is 1.38. The number of phenols is 1. The second-order valence-electron chi connectivity index (χ2n) is 10.5. The van der Waals surface area contributed by atoms with Crippen LogP contribution < -0.4 is 10.1 Å². The molecule has 216 valence electrons. The molecule has 1 fully saturated rings. The Morgan fingerprint density at radius 3 is 2.10 bits per heavy atom. The zero-order valence-electron chi connectivity index (χ0n) is 22.2. The Morgan fingerprint density at radius 2 is 1.59 bits per heavy atom. The second-order valence-corrected chi connectivity index (χ2v) is 10.5. The number of nitrogens with one attached hydrogen (secondary N) is 1. The second kappa shape index (κ2) is 12.1. The molecule has 0 radical (unpaired) electrons. The summed E-state index contributed by atoms with van der Waals surface area (Å²) in [5, 5.41) is 13.1. The summed E-state index contributed by atoms with van der Waals surface area (Å²) in [6, 6.07) is 6.08. The zero-order chi connectivity index (χ0) is 29.0. The average Bonchev–Trinajstić information content (AvgIpc) is 2.85. The van der Waals surface area contributed by atoms with Crippen molar-refractivity contribution in [2.24, 2.45) is 11.3 Å². The summed E-state index contributed by atoms with van der Waals surface area (Å²) in [4.78, 5) is 15.5. The molecule has 2 aromatic rings. The molecule has 3 rings (SSSR count). The number of halogens is 6. The molecule has 0 bridgehead atoms. The van der Waals surface area contributed by atoms with E-state index in [4.69, 9.17) is 4.74 Å². The van der Waals surface area contributed by atoms with Gasteiger partial charge < -0.3 is 20.1 Å². The lowest BCUT2D eigenvalue weighted by Crippen LogP contribution is -2.50. The first-order chi connectivity index (χ1) is 18.1. The number of carbonyl (C=O) groups excluding carboxylic acids is 1. The Hall–Kier alpha value is -2.95. The van der Waals surface area contributed by atoms with E-state index in [2.05, 4.69) is 5.32 Å². The predicted molar refractivity (Wildman–Crippen MR) is 134 cm³/mol. The van der Waals surface area contributed by atoms with Crippen LogP contribution in [0.15, 0.2) is 36.4 Å². The van der Waals surface area contributed by atoms with Crippen LogP contribution in [-0.4, -0.2) is 42.7 Å². The minimum Gasteiger partial charge on any atom is -0.504 e. The Morgan fingerprint density at radius 1 is 1.00 bits per heavy atom. The molecule has 0 aliphatic carbocycles. The molecule has 2 aromatic carbocycles. The molecule has 1 aliphatic rings. The van der Waals surface area contributed by atoms with Gasteiger partial charge in [-0.05, 0) is 86.1 Å².